The fraction of sp³-hybridized carbons (Fsp3) is 0.650. The van der Waals surface area contributed by atoms with Crippen molar-refractivity contribution in [3.05, 3.63) is 23.5 Å². The number of pyridine rings is 1. The monoisotopic (exact) mass is 340 g/mol. The first-order chi connectivity index (χ1) is 11.9. The minimum atomic E-state index is 0.00841. The van der Waals surface area contributed by atoms with Gasteiger partial charge in [0.1, 0.15) is 0 Å². The van der Waals surface area contributed by atoms with Gasteiger partial charge < -0.3 is 5.32 Å². The third kappa shape index (κ3) is 2.83. The summed E-state index contributed by atoms with van der Waals surface area (Å²) in [6.45, 7) is 8.26. The summed E-state index contributed by atoms with van der Waals surface area (Å²) in [6, 6.07) is 2.33. The zero-order valence-corrected chi connectivity index (χ0v) is 15.6. The molecule has 25 heavy (non-hydrogen) atoms. The first kappa shape index (κ1) is 16.6. The molecule has 2 fully saturated rings. The molecule has 0 radical (unpaired) electrons. The summed E-state index contributed by atoms with van der Waals surface area (Å²) in [5, 5.41) is 8.56. The molecule has 2 heterocycles. The molecule has 4 unspecified atom stereocenters. The van der Waals surface area contributed by atoms with Crippen molar-refractivity contribution in [3.63, 3.8) is 0 Å². The predicted octanol–water partition coefficient (Wildman–Crippen LogP) is 3.88. The number of nitrogens with one attached hydrogen (secondary N) is 1. The molecule has 4 rings (SSSR count). The van der Waals surface area contributed by atoms with Crippen LogP contribution >= 0.6 is 0 Å². The highest BCUT2D eigenvalue weighted by Crippen LogP contribution is 2.49. The van der Waals surface area contributed by atoms with Crippen molar-refractivity contribution >= 4 is 16.9 Å². The van der Waals surface area contributed by atoms with E-state index in [9.17, 15) is 4.79 Å². The van der Waals surface area contributed by atoms with E-state index in [4.69, 9.17) is 0 Å². The lowest BCUT2D eigenvalue weighted by atomic mass is 9.84. The predicted molar refractivity (Wildman–Crippen MR) is 98.5 cm³/mol. The van der Waals surface area contributed by atoms with E-state index in [0.29, 0.717) is 11.5 Å². The lowest BCUT2D eigenvalue weighted by Gasteiger charge is -2.28. The molecule has 1 amide bonds. The van der Waals surface area contributed by atoms with E-state index < -0.39 is 0 Å². The Hall–Kier alpha value is -1.91. The summed E-state index contributed by atoms with van der Waals surface area (Å²) in [4.78, 5) is 17.6. The Kier molecular flexibility index (Phi) is 4.05. The molecule has 2 aromatic rings. The van der Waals surface area contributed by atoms with E-state index in [1.54, 1.807) is 6.20 Å². The van der Waals surface area contributed by atoms with Gasteiger partial charge in [-0.2, -0.15) is 5.10 Å². The van der Waals surface area contributed by atoms with E-state index in [-0.39, 0.29) is 18.0 Å². The van der Waals surface area contributed by atoms with Gasteiger partial charge in [-0.25, -0.2) is 9.67 Å². The third-order valence-electron chi connectivity index (χ3n) is 6.22. The molecule has 2 aliphatic rings. The second-order valence-corrected chi connectivity index (χ2v) is 8.33. The number of rotatable bonds is 4. The van der Waals surface area contributed by atoms with Crippen molar-refractivity contribution in [2.24, 2.45) is 17.8 Å². The van der Waals surface area contributed by atoms with Crippen LogP contribution in [-0.4, -0.2) is 26.7 Å². The molecule has 5 nitrogen and oxygen atoms in total. The Balaban J connectivity index is 1.59. The van der Waals surface area contributed by atoms with Crippen molar-refractivity contribution in [2.45, 2.75) is 65.5 Å². The number of amides is 1. The van der Waals surface area contributed by atoms with Crippen LogP contribution in [0.25, 0.3) is 11.0 Å². The summed E-state index contributed by atoms with van der Waals surface area (Å²) in [6.07, 6.45) is 7.15. The summed E-state index contributed by atoms with van der Waals surface area (Å²) < 4.78 is 1.89. The maximum absolute atomic E-state index is 13.0. The average Bonchev–Trinajstić information content (AvgIpc) is 3.28. The molecule has 2 aliphatic carbocycles. The molecular formula is C20H28N4O. The molecule has 0 spiro atoms. The highest BCUT2D eigenvalue weighted by atomic mass is 16.1. The molecule has 0 aromatic carbocycles. The number of hydrogen-bond acceptors (Lipinski definition) is 3. The van der Waals surface area contributed by atoms with Gasteiger partial charge in [0, 0.05) is 17.8 Å². The van der Waals surface area contributed by atoms with Crippen LogP contribution in [-0.2, 0) is 0 Å². The van der Waals surface area contributed by atoms with Crippen molar-refractivity contribution < 1.29 is 4.79 Å². The van der Waals surface area contributed by atoms with Crippen LogP contribution in [0.3, 0.4) is 0 Å². The number of fused-ring (bicyclic) bond motifs is 3. The first-order valence-corrected chi connectivity index (χ1v) is 9.59. The fourth-order valence-electron chi connectivity index (χ4n) is 5.01. The molecular weight excluding hydrogens is 312 g/mol. The van der Waals surface area contributed by atoms with Crippen LogP contribution in [0.15, 0.2) is 12.3 Å². The van der Waals surface area contributed by atoms with Crippen LogP contribution in [0.2, 0.25) is 0 Å². The summed E-state index contributed by atoms with van der Waals surface area (Å²) in [7, 11) is 0. The zero-order valence-electron chi connectivity index (χ0n) is 15.6. The smallest absolute Gasteiger partial charge is 0.252 e. The molecule has 1 N–H and O–H groups in total. The van der Waals surface area contributed by atoms with Crippen LogP contribution in [0.1, 0.15) is 68.5 Å². The fourth-order valence-corrected chi connectivity index (χ4v) is 5.01. The second kappa shape index (κ2) is 6.11. The van der Waals surface area contributed by atoms with E-state index in [0.717, 1.165) is 28.6 Å². The number of hydrogen-bond donors (Lipinski definition) is 1. The third-order valence-corrected chi connectivity index (χ3v) is 6.22. The molecule has 2 bridgehead atoms. The van der Waals surface area contributed by atoms with Gasteiger partial charge in [0.2, 0.25) is 0 Å². The lowest BCUT2D eigenvalue weighted by Crippen LogP contribution is -2.40. The van der Waals surface area contributed by atoms with Gasteiger partial charge in [0.15, 0.2) is 5.65 Å². The highest BCUT2D eigenvalue weighted by Gasteiger charge is 2.42. The lowest BCUT2D eigenvalue weighted by molar-refractivity contribution is 0.0917. The van der Waals surface area contributed by atoms with Gasteiger partial charge in [-0.15, -0.1) is 0 Å². The first-order valence-electron chi connectivity index (χ1n) is 9.59. The second-order valence-electron chi connectivity index (χ2n) is 8.33. The average molecular weight is 340 g/mol. The number of nitrogens with zero attached hydrogens (tertiary/aromatic N) is 3. The topological polar surface area (TPSA) is 59.8 Å². The zero-order chi connectivity index (χ0) is 17.7. The standard InChI is InChI=1S/C20H28N4O/c1-11(2)24-19-18(10-21-24)17(7-12(3)22-19)20(25)23-13(4)16-9-14-5-6-15(16)8-14/h7,10-11,13-16H,5-6,8-9H2,1-4H3,(H,23,25). The minimum absolute atomic E-state index is 0.00841. The van der Waals surface area contributed by atoms with Crippen molar-refractivity contribution in [3.8, 4) is 0 Å². The Labute approximate surface area is 149 Å². The van der Waals surface area contributed by atoms with Gasteiger partial charge in [-0.1, -0.05) is 6.42 Å². The van der Waals surface area contributed by atoms with Gasteiger partial charge >= 0.3 is 0 Å². The van der Waals surface area contributed by atoms with E-state index >= 15 is 0 Å². The molecule has 5 heteroatoms. The highest BCUT2D eigenvalue weighted by molar-refractivity contribution is 6.05. The minimum Gasteiger partial charge on any atom is -0.349 e. The van der Waals surface area contributed by atoms with Gasteiger partial charge in [0.25, 0.3) is 5.91 Å². The summed E-state index contributed by atoms with van der Waals surface area (Å²) >= 11 is 0. The van der Waals surface area contributed by atoms with E-state index in [1.807, 2.05) is 17.7 Å². The summed E-state index contributed by atoms with van der Waals surface area (Å²) in [5.74, 6) is 2.35. The Bertz CT molecular complexity index is 809. The van der Waals surface area contributed by atoms with Crippen LogP contribution in [0.4, 0.5) is 0 Å². The van der Waals surface area contributed by atoms with Crippen molar-refractivity contribution in [2.75, 3.05) is 0 Å². The Morgan fingerprint density at radius 3 is 2.72 bits per heavy atom. The molecule has 4 atom stereocenters. The van der Waals surface area contributed by atoms with Crippen molar-refractivity contribution in [1.29, 1.82) is 0 Å². The van der Waals surface area contributed by atoms with Crippen LogP contribution < -0.4 is 5.32 Å². The van der Waals surface area contributed by atoms with E-state index in [1.165, 1.54) is 25.7 Å². The molecule has 2 saturated carbocycles. The number of carbonyl (C=O) groups excluding carboxylic acids is 1. The summed E-state index contributed by atoms with van der Waals surface area (Å²) in [5.41, 5.74) is 2.35. The quantitative estimate of drug-likeness (QED) is 0.919. The van der Waals surface area contributed by atoms with Gasteiger partial charge in [-0.3, -0.25) is 4.79 Å². The molecule has 0 aliphatic heterocycles. The largest absolute Gasteiger partial charge is 0.349 e. The Morgan fingerprint density at radius 2 is 2.08 bits per heavy atom. The van der Waals surface area contributed by atoms with Gasteiger partial charge in [0.05, 0.1) is 17.1 Å². The Morgan fingerprint density at radius 1 is 1.28 bits per heavy atom. The van der Waals surface area contributed by atoms with Crippen LogP contribution in [0.5, 0.6) is 0 Å². The SMILES string of the molecule is Cc1cc(C(=O)NC(C)C2CC3CCC2C3)c2cnn(C(C)C)c2n1. The molecule has 0 saturated heterocycles. The molecule has 2 aromatic heterocycles. The van der Waals surface area contributed by atoms with Gasteiger partial charge in [-0.05, 0) is 70.8 Å². The molecule has 134 valence electrons. The van der Waals surface area contributed by atoms with Crippen LogP contribution in [0, 0.1) is 24.7 Å². The van der Waals surface area contributed by atoms with E-state index in [2.05, 4.69) is 36.2 Å². The maximum atomic E-state index is 13.0. The maximum Gasteiger partial charge on any atom is 0.252 e. The number of aryl methyl sites for hydroxylation is 1. The normalized spacial score (nSPS) is 26.5. The number of carbonyl (C=O) groups is 1. The van der Waals surface area contributed by atoms with Crippen molar-refractivity contribution in [1.82, 2.24) is 20.1 Å². The number of aromatic nitrogens is 3.